The smallest absolute Gasteiger partial charge is 0.243 e. The number of hydrogen-bond acceptors (Lipinski definition) is 4. The molecule has 0 saturated carbocycles. The van der Waals surface area contributed by atoms with Crippen LogP contribution in [0.1, 0.15) is 32.6 Å². The maximum absolute atomic E-state index is 11.8. The summed E-state index contributed by atoms with van der Waals surface area (Å²) in [7, 11) is 5.13. The Morgan fingerprint density at radius 3 is 2.42 bits per heavy atom. The highest BCUT2D eigenvalue weighted by Gasteiger charge is 2.21. The third-order valence-corrected chi connectivity index (χ3v) is 4.27. The Kier molecular flexibility index (Phi) is 13.4. The molecule has 26 heavy (non-hydrogen) atoms. The zero-order valence-electron chi connectivity index (χ0n) is 16.5. The summed E-state index contributed by atoms with van der Waals surface area (Å²) in [4.78, 5) is 31.3. The predicted octanol–water partition coefficient (Wildman–Crippen LogP) is 0.238. The van der Waals surface area contributed by atoms with E-state index in [4.69, 9.17) is 0 Å². The average molecular weight is 482 g/mol. The van der Waals surface area contributed by atoms with Gasteiger partial charge in [-0.1, -0.05) is 13.3 Å². The number of aliphatic imine (C=N–C) groups is 1. The normalized spacial score (nSPS) is 15.8. The molecule has 1 aliphatic heterocycles. The van der Waals surface area contributed by atoms with Crippen molar-refractivity contribution in [2.24, 2.45) is 4.99 Å². The first-order valence-corrected chi connectivity index (χ1v) is 9.14. The van der Waals surface area contributed by atoms with Crippen LogP contribution in [0.25, 0.3) is 0 Å². The minimum absolute atomic E-state index is 0. The summed E-state index contributed by atoms with van der Waals surface area (Å²) in [5, 5.41) is 9.40. The molecule has 8 nitrogen and oxygen atoms in total. The summed E-state index contributed by atoms with van der Waals surface area (Å²) in [6.45, 7) is 5.34. The van der Waals surface area contributed by atoms with Gasteiger partial charge in [0.25, 0.3) is 0 Å². The second-order valence-corrected chi connectivity index (χ2v) is 6.60. The summed E-state index contributed by atoms with van der Waals surface area (Å²) >= 11 is 0. The fourth-order valence-electron chi connectivity index (χ4n) is 2.54. The molecule has 0 atom stereocenters. The number of unbranched alkanes of at least 4 members (excludes halogenated alkanes) is 1. The van der Waals surface area contributed by atoms with Crippen LogP contribution in [-0.2, 0) is 9.59 Å². The third-order valence-electron chi connectivity index (χ3n) is 4.27. The van der Waals surface area contributed by atoms with E-state index in [2.05, 4.69) is 32.8 Å². The van der Waals surface area contributed by atoms with Crippen molar-refractivity contribution < 1.29 is 9.59 Å². The topological polar surface area (TPSA) is 89.1 Å². The molecule has 1 fully saturated rings. The van der Waals surface area contributed by atoms with Crippen molar-refractivity contribution in [1.82, 2.24) is 25.8 Å². The number of halogens is 1. The molecule has 9 heteroatoms. The number of rotatable bonds is 8. The highest BCUT2D eigenvalue weighted by molar-refractivity contribution is 14.0. The first-order chi connectivity index (χ1) is 12.0. The number of nitrogens with one attached hydrogen (secondary N) is 3. The second-order valence-electron chi connectivity index (χ2n) is 6.60. The minimum atomic E-state index is -0.0167. The molecule has 0 aromatic carbocycles. The molecule has 1 saturated heterocycles. The molecule has 0 aliphatic carbocycles. The van der Waals surface area contributed by atoms with Gasteiger partial charge >= 0.3 is 0 Å². The lowest BCUT2D eigenvalue weighted by Crippen LogP contribution is -2.50. The molecule has 0 aromatic heterocycles. The zero-order valence-corrected chi connectivity index (χ0v) is 18.8. The van der Waals surface area contributed by atoms with Gasteiger partial charge in [-0.05, 0) is 19.3 Å². The van der Waals surface area contributed by atoms with E-state index >= 15 is 0 Å². The Bertz CT molecular complexity index is 451. The third kappa shape index (κ3) is 10.1. The van der Waals surface area contributed by atoms with Crippen molar-refractivity contribution in [1.29, 1.82) is 0 Å². The summed E-state index contributed by atoms with van der Waals surface area (Å²) < 4.78 is 0. The number of likely N-dealkylation sites (N-methyl/N-ethyl adjacent to an activating group) is 2. The van der Waals surface area contributed by atoms with Crippen LogP contribution in [0.15, 0.2) is 4.99 Å². The van der Waals surface area contributed by atoms with Crippen LogP contribution < -0.4 is 16.0 Å². The van der Waals surface area contributed by atoms with Gasteiger partial charge in [0, 0.05) is 46.8 Å². The van der Waals surface area contributed by atoms with E-state index in [-0.39, 0.29) is 42.3 Å². The quantitative estimate of drug-likeness (QED) is 0.200. The molecule has 0 bridgehead atoms. The van der Waals surface area contributed by atoms with E-state index in [1.54, 1.807) is 26.0 Å². The van der Waals surface area contributed by atoms with Gasteiger partial charge in [0.2, 0.25) is 11.8 Å². The van der Waals surface area contributed by atoms with Crippen LogP contribution >= 0.6 is 24.0 Å². The largest absolute Gasteiger partial charge is 0.358 e. The van der Waals surface area contributed by atoms with Crippen molar-refractivity contribution in [3.05, 3.63) is 0 Å². The number of guanidine groups is 1. The van der Waals surface area contributed by atoms with E-state index in [9.17, 15) is 9.59 Å². The van der Waals surface area contributed by atoms with Crippen LogP contribution in [0.2, 0.25) is 0 Å². The fourth-order valence-corrected chi connectivity index (χ4v) is 2.54. The van der Waals surface area contributed by atoms with Crippen molar-refractivity contribution in [2.75, 3.05) is 53.9 Å². The van der Waals surface area contributed by atoms with Crippen LogP contribution in [-0.4, -0.2) is 87.5 Å². The number of nitrogens with zero attached hydrogens (tertiary/aromatic N) is 3. The summed E-state index contributed by atoms with van der Waals surface area (Å²) in [6, 6.07) is 0.309. The molecule has 3 N–H and O–H groups in total. The number of carbonyl (C=O) groups excluding carboxylic acids is 2. The van der Waals surface area contributed by atoms with Crippen molar-refractivity contribution in [2.45, 2.75) is 38.6 Å². The average Bonchev–Trinajstić information content (AvgIpc) is 2.60. The number of carbonyl (C=O) groups is 2. The standard InChI is InChI=1S/C17H34N6O2.HI/c1-5-6-9-19-17(20-12-16(25)22(3)4)21-14-7-10-23(11-8-14)13-15(24)18-2;/h14H,5-13H2,1-4H3,(H,18,24)(H2,19,20,21);1H. The first-order valence-electron chi connectivity index (χ1n) is 9.14. The summed E-state index contributed by atoms with van der Waals surface area (Å²) in [5.41, 5.74) is 0. The minimum Gasteiger partial charge on any atom is -0.358 e. The Morgan fingerprint density at radius 2 is 1.88 bits per heavy atom. The maximum Gasteiger partial charge on any atom is 0.243 e. The maximum atomic E-state index is 11.8. The highest BCUT2D eigenvalue weighted by atomic mass is 127. The summed E-state index contributed by atoms with van der Waals surface area (Å²) in [6.07, 6.45) is 4.07. The van der Waals surface area contributed by atoms with Crippen LogP contribution in [0, 0.1) is 0 Å². The molecule has 0 radical (unpaired) electrons. The highest BCUT2D eigenvalue weighted by Crippen LogP contribution is 2.09. The molecule has 0 unspecified atom stereocenters. The van der Waals surface area contributed by atoms with E-state index in [1.807, 2.05) is 0 Å². The number of likely N-dealkylation sites (tertiary alicyclic amines) is 1. The van der Waals surface area contributed by atoms with Crippen LogP contribution in [0.3, 0.4) is 0 Å². The number of hydrogen-bond donors (Lipinski definition) is 3. The van der Waals surface area contributed by atoms with Gasteiger partial charge in [0.1, 0.15) is 6.54 Å². The molecule has 2 amide bonds. The number of amides is 2. The van der Waals surface area contributed by atoms with E-state index in [1.165, 1.54) is 0 Å². The summed E-state index contributed by atoms with van der Waals surface area (Å²) in [5.74, 6) is 0.738. The Hall–Kier alpha value is -1.10. The molecule has 152 valence electrons. The number of piperidine rings is 1. The Labute approximate surface area is 174 Å². The van der Waals surface area contributed by atoms with Gasteiger partial charge in [0.15, 0.2) is 5.96 Å². The molecule has 1 rings (SSSR count). The zero-order chi connectivity index (χ0) is 18.7. The van der Waals surface area contributed by atoms with Gasteiger partial charge in [-0.2, -0.15) is 0 Å². The van der Waals surface area contributed by atoms with E-state index < -0.39 is 0 Å². The first kappa shape index (κ1) is 24.9. The predicted molar refractivity (Wildman–Crippen MR) is 116 cm³/mol. The van der Waals surface area contributed by atoms with Gasteiger partial charge in [0.05, 0.1) is 6.54 Å². The second kappa shape index (κ2) is 14.0. The molecule has 0 aromatic rings. The SMILES string of the molecule is CCCCNC(=NCC(=O)N(C)C)NC1CCN(CC(=O)NC)CC1.I. The Balaban J connectivity index is 0.00000625. The molecule has 1 heterocycles. The van der Waals surface area contributed by atoms with Crippen molar-refractivity contribution in [3.63, 3.8) is 0 Å². The van der Waals surface area contributed by atoms with Crippen LogP contribution in [0.5, 0.6) is 0 Å². The van der Waals surface area contributed by atoms with Crippen LogP contribution in [0.4, 0.5) is 0 Å². The van der Waals surface area contributed by atoms with Gasteiger partial charge in [-0.25, -0.2) is 4.99 Å². The van der Waals surface area contributed by atoms with Gasteiger partial charge < -0.3 is 20.9 Å². The monoisotopic (exact) mass is 482 g/mol. The van der Waals surface area contributed by atoms with Crippen molar-refractivity contribution >= 4 is 41.8 Å². The lowest BCUT2D eigenvalue weighted by molar-refractivity contribution is -0.127. The fraction of sp³-hybridized carbons (Fsp3) is 0.824. The van der Waals surface area contributed by atoms with E-state index in [0.717, 1.165) is 45.3 Å². The molecule has 1 aliphatic rings. The molecular weight excluding hydrogens is 447 g/mol. The van der Waals surface area contributed by atoms with Crippen molar-refractivity contribution in [3.8, 4) is 0 Å². The molecule has 0 spiro atoms. The van der Waals surface area contributed by atoms with Gasteiger partial charge in [-0.15, -0.1) is 24.0 Å². The lowest BCUT2D eigenvalue weighted by atomic mass is 10.1. The van der Waals surface area contributed by atoms with E-state index in [0.29, 0.717) is 18.5 Å². The lowest BCUT2D eigenvalue weighted by Gasteiger charge is -2.32. The van der Waals surface area contributed by atoms with Gasteiger partial charge in [-0.3, -0.25) is 14.5 Å². The Morgan fingerprint density at radius 1 is 1.23 bits per heavy atom. The molecular formula is C17H35IN6O2.